The molecule has 1 heterocycles. The number of amides is 1. The lowest BCUT2D eigenvalue weighted by molar-refractivity contribution is -0.147. The Bertz CT molecular complexity index is 1190. The summed E-state index contributed by atoms with van der Waals surface area (Å²) in [4.78, 5) is 38.7. The number of ether oxygens (including phenoxy) is 3. The lowest BCUT2D eigenvalue weighted by atomic mass is 10.1. The summed E-state index contributed by atoms with van der Waals surface area (Å²) < 4.78 is 16.3. The molecule has 7 nitrogen and oxygen atoms in total. The Balaban J connectivity index is 1.34. The van der Waals surface area contributed by atoms with Crippen LogP contribution in [0.4, 0.5) is 5.69 Å². The summed E-state index contributed by atoms with van der Waals surface area (Å²) in [6.07, 6.45) is 0.0213. The number of halogens is 1. The van der Waals surface area contributed by atoms with E-state index < -0.39 is 11.9 Å². The number of ketones is 1. The molecule has 1 atom stereocenters. The summed E-state index contributed by atoms with van der Waals surface area (Å²) in [6.45, 7) is -0.209. The molecular formula is C26H22ClNO6. The number of methoxy groups -OCH3 is 1. The van der Waals surface area contributed by atoms with Crippen LogP contribution in [0.5, 0.6) is 17.2 Å². The van der Waals surface area contributed by atoms with Crippen LogP contribution in [0.2, 0.25) is 5.02 Å². The number of hydrogen-bond acceptors (Lipinski definition) is 6. The van der Waals surface area contributed by atoms with Crippen molar-refractivity contribution in [3.05, 3.63) is 83.4 Å². The average molecular weight is 480 g/mol. The van der Waals surface area contributed by atoms with Gasteiger partial charge in [0.05, 0.1) is 13.0 Å². The van der Waals surface area contributed by atoms with Crippen molar-refractivity contribution in [2.24, 2.45) is 5.92 Å². The normalized spacial score (nSPS) is 15.2. The fourth-order valence-corrected chi connectivity index (χ4v) is 3.74. The molecule has 0 N–H and O–H groups in total. The third kappa shape index (κ3) is 5.38. The van der Waals surface area contributed by atoms with Crippen molar-refractivity contribution in [1.29, 1.82) is 0 Å². The average Bonchev–Trinajstić information content (AvgIpc) is 3.25. The molecule has 34 heavy (non-hydrogen) atoms. The van der Waals surface area contributed by atoms with Crippen LogP contribution in [0.25, 0.3) is 0 Å². The van der Waals surface area contributed by atoms with Gasteiger partial charge in [-0.2, -0.15) is 0 Å². The molecule has 0 aliphatic carbocycles. The number of benzene rings is 3. The largest absolute Gasteiger partial charge is 0.493 e. The number of anilines is 1. The van der Waals surface area contributed by atoms with Gasteiger partial charge in [0, 0.05) is 29.2 Å². The van der Waals surface area contributed by atoms with Crippen LogP contribution in [0.3, 0.4) is 0 Å². The van der Waals surface area contributed by atoms with E-state index in [-0.39, 0.29) is 31.3 Å². The first-order chi connectivity index (χ1) is 16.4. The smallest absolute Gasteiger partial charge is 0.311 e. The molecule has 0 unspecified atom stereocenters. The minimum Gasteiger partial charge on any atom is -0.493 e. The van der Waals surface area contributed by atoms with Crippen molar-refractivity contribution < 1.29 is 28.6 Å². The van der Waals surface area contributed by atoms with E-state index in [9.17, 15) is 14.4 Å². The third-order valence-electron chi connectivity index (χ3n) is 5.42. The van der Waals surface area contributed by atoms with Gasteiger partial charge in [0.15, 0.2) is 23.9 Å². The first kappa shape index (κ1) is 23.3. The van der Waals surface area contributed by atoms with Crippen LogP contribution in [0.15, 0.2) is 72.8 Å². The molecule has 0 bridgehead atoms. The van der Waals surface area contributed by atoms with E-state index in [1.54, 1.807) is 67.8 Å². The molecule has 1 saturated heterocycles. The Kier molecular flexibility index (Phi) is 7.13. The van der Waals surface area contributed by atoms with E-state index in [0.29, 0.717) is 33.5 Å². The minimum absolute atomic E-state index is 0.0213. The molecule has 1 aliphatic rings. The van der Waals surface area contributed by atoms with Crippen LogP contribution in [-0.4, -0.2) is 37.9 Å². The second-order valence-electron chi connectivity index (χ2n) is 7.69. The van der Waals surface area contributed by atoms with Crippen molar-refractivity contribution in [2.45, 2.75) is 6.42 Å². The molecule has 0 aromatic heterocycles. The zero-order valence-corrected chi connectivity index (χ0v) is 19.2. The number of esters is 1. The molecule has 1 fully saturated rings. The SMILES string of the molecule is COc1ccccc1Oc1ccc(N2C[C@@H](C(=O)OCC(=O)c3ccc(Cl)cc3)CC2=O)cc1. The predicted octanol–water partition coefficient (Wildman–Crippen LogP) is 4.92. The lowest BCUT2D eigenvalue weighted by Crippen LogP contribution is -2.27. The monoisotopic (exact) mass is 479 g/mol. The van der Waals surface area contributed by atoms with E-state index in [4.69, 9.17) is 25.8 Å². The number of carbonyl (C=O) groups excluding carboxylic acids is 3. The highest BCUT2D eigenvalue weighted by Crippen LogP contribution is 2.33. The van der Waals surface area contributed by atoms with Gasteiger partial charge >= 0.3 is 5.97 Å². The van der Waals surface area contributed by atoms with E-state index >= 15 is 0 Å². The maximum Gasteiger partial charge on any atom is 0.311 e. The van der Waals surface area contributed by atoms with E-state index in [1.807, 2.05) is 12.1 Å². The highest BCUT2D eigenvalue weighted by molar-refractivity contribution is 6.30. The Labute approximate surface area is 201 Å². The Hall–Kier alpha value is -3.84. The van der Waals surface area contributed by atoms with Gasteiger partial charge in [0.1, 0.15) is 5.75 Å². The van der Waals surface area contributed by atoms with Gasteiger partial charge in [-0.25, -0.2) is 0 Å². The third-order valence-corrected chi connectivity index (χ3v) is 5.67. The molecule has 0 saturated carbocycles. The summed E-state index contributed by atoms with van der Waals surface area (Å²) in [5.74, 6) is 0.0187. The Morgan fingerprint density at radius 1 is 0.971 bits per heavy atom. The predicted molar refractivity (Wildman–Crippen MR) is 127 cm³/mol. The number of nitrogens with zero attached hydrogens (tertiary/aromatic N) is 1. The zero-order valence-electron chi connectivity index (χ0n) is 18.4. The second kappa shape index (κ2) is 10.4. The second-order valence-corrected chi connectivity index (χ2v) is 8.13. The van der Waals surface area contributed by atoms with Crippen molar-refractivity contribution in [3.8, 4) is 17.2 Å². The molecule has 0 radical (unpaired) electrons. The van der Waals surface area contributed by atoms with Crippen LogP contribution >= 0.6 is 11.6 Å². The van der Waals surface area contributed by atoms with Crippen molar-refractivity contribution in [1.82, 2.24) is 0 Å². The van der Waals surface area contributed by atoms with Crippen molar-refractivity contribution in [3.63, 3.8) is 0 Å². The highest BCUT2D eigenvalue weighted by atomic mass is 35.5. The lowest BCUT2D eigenvalue weighted by Gasteiger charge is -2.17. The van der Waals surface area contributed by atoms with Gasteiger partial charge < -0.3 is 19.1 Å². The van der Waals surface area contributed by atoms with Crippen LogP contribution < -0.4 is 14.4 Å². The number of rotatable bonds is 8. The van der Waals surface area contributed by atoms with E-state index in [1.165, 1.54) is 4.90 Å². The molecule has 4 rings (SSSR count). The Morgan fingerprint density at radius 3 is 2.32 bits per heavy atom. The molecule has 3 aromatic carbocycles. The minimum atomic E-state index is -0.643. The molecule has 174 valence electrons. The van der Waals surface area contributed by atoms with E-state index in [2.05, 4.69) is 0 Å². The van der Waals surface area contributed by atoms with Gasteiger partial charge in [-0.1, -0.05) is 23.7 Å². The zero-order chi connectivity index (χ0) is 24.1. The first-order valence-electron chi connectivity index (χ1n) is 10.6. The first-order valence-corrected chi connectivity index (χ1v) is 11.0. The Morgan fingerprint density at radius 2 is 1.65 bits per heavy atom. The summed E-state index contributed by atoms with van der Waals surface area (Å²) in [7, 11) is 1.57. The molecular weight excluding hydrogens is 458 g/mol. The van der Waals surface area contributed by atoms with Gasteiger partial charge in [-0.15, -0.1) is 0 Å². The quantitative estimate of drug-likeness (QED) is 0.337. The van der Waals surface area contributed by atoms with Gasteiger partial charge in [0.2, 0.25) is 5.91 Å². The maximum absolute atomic E-state index is 12.5. The molecule has 3 aromatic rings. The van der Waals surface area contributed by atoms with Crippen LogP contribution in [0, 0.1) is 5.92 Å². The number of Topliss-reactive ketones (excluding diaryl/α,β-unsaturated/α-hetero) is 1. The number of hydrogen-bond donors (Lipinski definition) is 0. The summed E-state index contributed by atoms with van der Waals surface area (Å²) in [5.41, 5.74) is 1.04. The van der Waals surface area contributed by atoms with Crippen LogP contribution in [0.1, 0.15) is 16.8 Å². The highest BCUT2D eigenvalue weighted by Gasteiger charge is 2.36. The van der Waals surface area contributed by atoms with Crippen LogP contribution in [-0.2, 0) is 14.3 Å². The maximum atomic E-state index is 12.5. The molecule has 1 amide bonds. The molecule has 8 heteroatoms. The number of carbonyl (C=O) groups is 3. The fourth-order valence-electron chi connectivity index (χ4n) is 3.61. The summed E-state index contributed by atoms with van der Waals surface area (Å²) in [6, 6.07) is 20.6. The van der Waals surface area contributed by atoms with Gasteiger partial charge in [0.25, 0.3) is 0 Å². The summed E-state index contributed by atoms with van der Waals surface area (Å²) in [5, 5.41) is 0.512. The summed E-state index contributed by atoms with van der Waals surface area (Å²) >= 11 is 5.82. The fraction of sp³-hybridized carbons (Fsp3) is 0.192. The van der Waals surface area contributed by atoms with Crippen molar-refractivity contribution >= 4 is 34.9 Å². The molecule has 1 aliphatic heterocycles. The van der Waals surface area contributed by atoms with Gasteiger partial charge in [-0.3, -0.25) is 14.4 Å². The standard InChI is InChI=1S/C26H22ClNO6/c1-32-23-4-2-3-5-24(23)34-21-12-10-20(11-13-21)28-15-18(14-25(28)30)26(31)33-16-22(29)17-6-8-19(27)9-7-17/h2-13,18H,14-16H2,1H3/t18-/m0/s1. The van der Waals surface area contributed by atoms with Gasteiger partial charge in [-0.05, 0) is 60.7 Å². The molecule has 0 spiro atoms. The number of para-hydroxylation sites is 2. The van der Waals surface area contributed by atoms with Crippen molar-refractivity contribution in [2.75, 3.05) is 25.2 Å². The topological polar surface area (TPSA) is 82.1 Å². The van der Waals surface area contributed by atoms with E-state index in [0.717, 1.165) is 0 Å².